The second-order valence-corrected chi connectivity index (χ2v) is 5.51. The zero-order valence-corrected chi connectivity index (χ0v) is 13.0. The Morgan fingerprint density at radius 3 is 2.48 bits per heavy atom. The van der Waals surface area contributed by atoms with Crippen LogP contribution in [0.4, 0.5) is 16.2 Å². The first kappa shape index (κ1) is 15.4. The highest BCUT2D eigenvalue weighted by atomic mass is 16.6. The van der Waals surface area contributed by atoms with E-state index < -0.39 is 6.09 Å². The van der Waals surface area contributed by atoms with Gasteiger partial charge in [0.1, 0.15) is 12.7 Å². The summed E-state index contributed by atoms with van der Waals surface area (Å²) in [6.45, 7) is 0.983. The van der Waals surface area contributed by atoms with Crippen LogP contribution in [0.3, 0.4) is 0 Å². The first-order valence-electron chi connectivity index (χ1n) is 7.64. The van der Waals surface area contributed by atoms with E-state index in [2.05, 4.69) is 22.8 Å². The molecule has 0 radical (unpaired) electrons. The summed E-state index contributed by atoms with van der Waals surface area (Å²) in [5.41, 5.74) is 4.15. The van der Waals surface area contributed by atoms with E-state index in [9.17, 15) is 4.79 Å². The summed E-state index contributed by atoms with van der Waals surface area (Å²) in [5.74, 6) is 0. The lowest BCUT2D eigenvalue weighted by atomic mass is 10.0. The molecule has 120 valence electrons. The van der Waals surface area contributed by atoms with Crippen molar-refractivity contribution in [3.8, 4) is 0 Å². The highest BCUT2D eigenvalue weighted by Gasteiger charge is 2.24. The zero-order valence-electron chi connectivity index (χ0n) is 13.0. The Kier molecular flexibility index (Phi) is 4.78. The van der Waals surface area contributed by atoms with Gasteiger partial charge in [0.25, 0.3) is 0 Å². The van der Waals surface area contributed by atoms with Gasteiger partial charge in [0, 0.05) is 18.4 Å². The van der Waals surface area contributed by atoms with Gasteiger partial charge in [-0.3, -0.25) is 5.32 Å². The maximum Gasteiger partial charge on any atom is 0.411 e. The molecule has 0 spiro atoms. The van der Waals surface area contributed by atoms with Crippen molar-refractivity contribution in [3.05, 3.63) is 59.7 Å². The Morgan fingerprint density at radius 1 is 1.17 bits per heavy atom. The van der Waals surface area contributed by atoms with Crippen LogP contribution in [0.2, 0.25) is 0 Å². The summed E-state index contributed by atoms with van der Waals surface area (Å²) in [5, 5.41) is 5.88. The molecule has 0 aromatic heterocycles. The van der Waals surface area contributed by atoms with Gasteiger partial charge in [-0.1, -0.05) is 24.3 Å². The van der Waals surface area contributed by atoms with Gasteiger partial charge in [-0.15, -0.1) is 0 Å². The van der Waals surface area contributed by atoms with Crippen LogP contribution in [0.1, 0.15) is 11.1 Å². The van der Waals surface area contributed by atoms with E-state index in [1.807, 2.05) is 43.4 Å². The first-order chi connectivity index (χ1) is 11.2. The van der Waals surface area contributed by atoms with E-state index in [1.165, 1.54) is 5.56 Å². The minimum absolute atomic E-state index is 0.0755. The lowest BCUT2D eigenvalue weighted by molar-refractivity contribution is 0.150. The van der Waals surface area contributed by atoms with Crippen molar-refractivity contribution in [2.24, 2.45) is 0 Å². The third-order valence-corrected chi connectivity index (χ3v) is 3.60. The van der Waals surface area contributed by atoms with Gasteiger partial charge in [-0.05, 0) is 41.8 Å². The quantitative estimate of drug-likeness (QED) is 0.804. The fourth-order valence-corrected chi connectivity index (χ4v) is 2.32. The Labute approximate surface area is 135 Å². The van der Waals surface area contributed by atoms with Crippen LogP contribution >= 0.6 is 0 Å². The number of anilines is 2. The van der Waals surface area contributed by atoms with E-state index in [1.54, 1.807) is 0 Å². The molecule has 2 aromatic rings. The van der Waals surface area contributed by atoms with E-state index >= 15 is 0 Å². The molecule has 0 aliphatic carbocycles. The number of epoxide rings is 1. The molecule has 2 N–H and O–H groups in total. The Balaban J connectivity index is 1.60. The predicted molar refractivity (Wildman–Crippen MR) is 89.9 cm³/mol. The highest BCUT2D eigenvalue weighted by molar-refractivity contribution is 5.84. The Hall–Kier alpha value is -2.53. The van der Waals surface area contributed by atoms with Crippen LogP contribution in [0.15, 0.2) is 48.5 Å². The molecule has 23 heavy (non-hydrogen) atoms. The second-order valence-electron chi connectivity index (χ2n) is 5.51. The van der Waals surface area contributed by atoms with Gasteiger partial charge in [0.15, 0.2) is 0 Å². The van der Waals surface area contributed by atoms with Gasteiger partial charge in [-0.2, -0.15) is 0 Å². The molecular formula is C18H20N2O3. The summed E-state index contributed by atoms with van der Waals surface area (Å²) in [4.78, 5) is 11.7. The molecule has 5 nitrogen and oxygen atoms in total. The molecule has 1 heterocycles. The molecule has 3 rings (SSSR count). The third-order valence-electron chi connectivity index (χ3n) is 3.60. The number of carbonyl (C=O) groups excluding carboxylic acids is 1. The Bertz CT molecular complexity index is 683. The molecule has 1 aliphatic rings. The normalized spacial score (nSPS) is 15.8. The minimum Gasteiger partial charge on any atom is -0.446 e. The molecular weight excluding hydrogens is 292 g/mol. The smallest absolute Gasteiger partial charge is 0.411 e. The number of benzene rings is 2. The number of hydrogen-bond donors (Lipinski definition) is 2. The number of amides is 1. The highest BCUT2D eigenvalue weighted by Crippen LogP contribution is 2.17. The molecule has 1 saturated heterocycles. The average molecular weight is 312 g/mol. The molecule has 0 bridgehead atoms. The fourth-order valence-electron chi connectivity index (χ4n) is 2.32. The second kappa shape index (κ2) is 7.15. The molecule has 5 heteroatoms. The van der Waals surface area contributed by atoms with E-state index in [4.69, 9.17) is 9.47 Å². The summed E-state index contributed by atoms with van der Waals surface area (Å²) < 4.78 is 10.1. The van der Waals surface area contributed by atoms with Crippen molar-refractivity contribution in [1.82, 2.24) is 0 Å². The summed E-state index contributed by atoms with van der Waals surface area (Å²) >= 11 is 0. The van der Waals surface area contributed by atoms with Gasteiger partial charge in [0.2, 0.25) is 0 Å². The van der Waals surface area contributed by atoms with Gasteiger partial charge in [-0.25, -0.2) is 4.79 Å². The number of carbonyl (C=O) groups is 1. The lowest BCUT2D eigenvalue weighted by Gasteiger charge is -2.09. The number of hydrogen-bond acceptors (Lipinski definition) is 4. The fraction of sp³-hybridized carbons (Fsp3) is 0.278. The van der Waals surface area contributed by atoms with E-state index in [-0.39, 0.29) is 6.10 Å². The van der Waals surface area contributed by atoms with E-state index in [0.29, 0.717) is 13.2 Å². The molecule has 1 amide bonds. The maximum atomic E-state index is 11.7. The maximum absolute atomic E-state index is 11.7. The molecule has 1 aliphatic heterocycles. The van der Waals surface area contributed by atoms with Crippen LogP contribution < -0.4 is 10.6 Å². The van der Waals surface area contributed by atoms with E-state index in [0.717, 1.165) is 23.4 Å². The van der Waals surface area contributed by atoms with Crippen molar-refractivity contribution in [3.63, 3.8) is 0 Å². The van der Waals surface area contributed by atoms with Crippen LogP contribution in [0.5, 0.6) is 0 Å². The van der Waals surface area contributed by atoms with Gasteiger partial charge in [0.05, 0.1) is 6.61 Å². The topological polar surface area (TPSA) is 62.9 Å². The molecule has 1 unspecified atom stereocenters. The molecule has 1 atom stereocenters. The standard InChI is InChI=1S/C18H20N2O3/c1-19-15-6-2-4-13(9-15)8-14-5-3-7-16(10-14)20-18(21)23-12-17-11-22-17/h2-7,9-10,17,19H,8,11-12H2,1H3,(H,20,21). The van der Waals surface area contributed by atoms with Crippen molar-refractivity contribution in [1.29, 1.82) is 0 Å². The monoisotopic (exact) mass is 312 g/mol. The van der Waals surface area contributed by atoms with Crippen LogP contribution in [0, 0.1) is 0 Å². The van der Waals surface area contributed by atoms with Gasteiger partial charge >= 0.3 is 6.09 Å². The molecule has 2 aromatic carbocycles. The molecule has 1 fully saturated rings. The third kappa shape index (κ3) is 4.72. The zero-order chi connectivity index (χ0) is 16.1. The molecule has 0 saturated carbocycles. The summed E-state index contributed by atoms with van der Waals surface area (Å²) in [6.07, 6.45) is 0.428. The van der Waals surface area contributed by atoms with Crippen molar-refractivity contribution in [2.75, 3.05) is 30.9 Å². The minimum atomic E-state index is -0.449. The van der Waals surface area contributed by atoms with Gasteiger partial charge < -0.3 is 14.8 Å². The number of rotatable bonds is 6. The number of nitrogens with one attached hydrogen (secondary N) is 2. The number of ether oxygens (including phenoxy) is 2. The summed E-state index contributed by atoms with van der Waals surface area (Å²) in [7, 11) is 1.90. The first-order valence-corrected chi connectivity index (χ1v) is 7.64. The van der Waals surface area contributed by atoms with Crippen LogP contribution in [-0.2, 0) is 15.9 Å². The van der Waals surface area contributed by atoms with Crippen LogP contribution in [0.25, 0.3) is 0 Å². The lowest BCUT2D eigenvalue weighted by Crippen LogP contribution is -2.16. The average Bonchev–Trinajstić information content (AvgIpc) is 3.38. The largest absolute Gasteiger partial charge is 0.446 e. The van der Waals surface area contributed by atoms with Crippen LogP contribution in [-0.4, -0.2) is 32.5 Å². The predicted octanol–water partition coefficient (Wildman–Crippen LogP) is 3.27. The SMILES string of the molecule is CNc1cccc(Cc2cccc(NC(=O)OCC3CO3)c2)c1. The Morgan fingerprint density at radius 2 is 1.83 bits per heavy atom. The van der Waals surface area contributed by atoms with Crippen molar-refractivity contribution < 1.29 is 14.3 Å². The summed E-state index contributed by atoms with van der Waals surface area (Å²) in [6, 6.07) is 16.0. The van der Waals surface area contributed by atoms with Crippen molar-refractivity contribution in [2.45, 2.75) is 12.5 Å². The van der Waals surface area contributed by atoms with Crippen molar-refractivity contribution >= 4 is 17.5 Å².